The van der Waals surface area contributed by atoms with Crippen molar-refractivity contribution in [2.75, 3.05) is 19.6 Å². The van der Waals surface area contributed by atoms with Crippen LogP contribution in [0.25, 0.3) is 0 Å². The Hall–Kier alpha value is -0.640. The third-order valence-electron chi connectivity index (χ3n) is 3.69. The Kier molecular flexibility index (Phi) is 5.61. The highest BCUT2D eigenvalue weighted by Gasteiger charge is 2.28. The van der Waals surface area contributed by atoms with Gasteiger partial charge in [0.2, 0.25) is 0 Å². The van der Waals surface area contributed by atoms with E-state index in [1.54, 1.807) is 0 Å². The second kappa shape index (κ2) is 7.22. The van der Waals surface area contributed by atoms with Gasteiger partial charge in [-0.05, 0) is 12.0 Å². The summed E-state index contributed by atoms with van der Waals surface area (Å²) in [5.41, 5.74) is 1.39. The maximum Gasteiger partial charge on any atom is 0.0477 e. The summed E-state index contributed by atoms with van der Waals surface area (Å²) < 4.78 is 1.06. The van der Waals surface area contributed by atoms with Crippen molar-refractivity contribution < 1.29 is 0 Å². The van der Waals surface area contributed by atoms with Crippen molar-refractivity contribution in [2.45, 2.75) is 31.8 Å². The van der Waals surface area contributed by atoms with Crippen LogP contribution in [0.1, 0.15) is 31.4 Å². The summed E-state index contributed by atoms with van der Waals surface area (Å²) in [6.45, 7) is 9.29. The number of rotatable bonds is 5. The lowest BCUT2D eigenvalue weighted by Gasteiger charge is -2.40. The largest absolute Gasteiger partial charge is 0.311 e. The quantitative estimate of drug-likeness (QED) is 0.889. The first-order valence-corrected chi connectivity index (χ1v) is 7.85. The summed E-state index contributed by atoms with van der Waals surface area (Å²) in [6.07, 6.45) is 2.48. The molecule has 0 bridgehead atoms. The van der Waals surface area contributed by atoms with E-state index in [2.05, 4.69) is 70.0 Å². The van der Waals surface area contributed by atoms with E-state index in [1.165, 1.54) is 18.4 Å². The molecule has 1 heterocycles. The van der Waals surface area contributed by atoms with Crippen molar-refractivity contribution >= 4 is 15.9 Å². The zero-order valence-corrected chi connectivity index (χ0v) is 13.2. The number of hydrogen-bond acceptors (Lipinski definition) is 2. The zero-order chi connectivity index (χ0) is 13.7. The van der Waals surface area contributed by atoms with Crippen molar-refractivity contribution in [3.63, 3.8) is 0 Å². The topological polar surface area (TPSA) is 15.3 Å². The Morgan fingerprint density at radius 3 is 2.79 bits per heavy atom. The third-order valence-corrected chi connectivity index (χ3v) is 3.94. The van der Waals surface area contributed by atoms with Crippen LogP contribution in [0.4, 0.5) is 0 Å². The normalized spacial score (nSPS) is 24.3. The van der Waals surface area contributed by atoms with Crippen LogP contribution in [-0.2, 0) is 0 Å². The second-order valence-electron chi connectivity index (χ2n) is 5.27. The molecule has 1 aliphatic heterocycles. The van der Waals surface area contributed by atoms with Gasteiger partial charge in [0.1, 0.15) is 0 Å². The summed E-state index contributed by atoms with van der Waals surface area (Å²) in [5, 5.41) is 3.69. The van der Waals surface area contributed by atoms with Crippen molar-refractivity contribution in [2.24, 2.45) is 0 Å². The molecule has 1 aromatic carbocycles. The zero-order valence-electron chi connectivity index (χ0n) is 11.6. The summed E-state index contributed by atoms with van der Waals surface area (Å²) in [5.74, 6) is 0. The molecule has 1 aromatic rings. The molecule has 2 rings (SSSR count). The minimum Gasteiger partial charge on any atom is -0.311 e. The van der Waals surface area contributed by atoms with E-state index in [-0.39, 0.29) is 0 Å². The summed E-state index contributed by atoms with van der Waals surface area (Å²) in [4.78, 5) is 2.53. The van der Waals surface area contributed by atoms with Crippen LogP contribution in [0, 0.1) is 0 Å². The minimum atomic E-state index is 0.448. The lowest BCUT2D eigenvalue weighted by molar-refractivity contribution is 0.140. The number of benzene rings is 1. The average Bonchev–Trinajstić information content (AvgIpc) is 2.40. The molecule has 3 heteroatoms. The van der Waals surface area contributed by atoms with Crippen LogP contribution in [0.5, 0.6) is 0 Å². The molecule has 2 atom stereocenters. The molecule has 19 heavy (non-hydrogen) atoms. The molecular weight excluding hydrogens is 300 g/mol. The molecule has 1 aliphatic rings. The van der Waals surface area contributed by atoms with Crippen LogP contribution in [0.2, 0.25) is 0 Å². The van der Waals surface area contributed by atoms with Gasteiger partial charge >= 0.3 is 0 Å². The van der Waals surface area contributed by atoms with Crippen molar-refractivity contribution in [3.05, 3.63) is 47.0 Å². The Morgan fingerprint density at radius 2 is 2.16 bits per heavy atom. The smallest absolute Gasteiger partial charge is 0.0477 e. The number of piperazine rings is 1. The molecule has 0 spiro atoms. The first-order chi connectivity index (χ1) is 9.20. The fraction of sp³-hybridized carbons (Fsp3) is 0.500. The van der Waals surface area contributed by atoms with Crippen LogP contribution in [0.3, 0.4) is 0 Å². The number of hydrogen-bond donors (Lipinski definition) is 1. The maximum atomic E-state index is 4.00. The second-order valence-corrected chi connectivity index (χ2v) is 6.39. The molecule has 1 N–H and O–H groups in total. The van der Waals surface area contributed by atoms with Gasteiger partial charge < -0.3 is 5.32 Å². The minimum absolute atomic E-state index is 0.448. The first kappa shape index (κ1) is 14.8. The third kappa shape index (κ3) is 4.16. The first-order valence-electron chi connectivity index (χ1n) is 7.06. The Balaban J connectivity index is 2.10. The van der Waals surface area contributed by atoms with Gasteiger partial charge in [-0.2, -0.15) is 0 Å². The van der Waals surface area contributed by atoms with E-state index in [9.17, 15) is 0 Å². The van der Waals surface area contributed by atoms with E-state index in [0.29, 0.717) is 12.1 Å². The van der Waals surface area contributed by atoms with E-state index < -0.39 is 0 Å². The highest BCUT2D eigenvalue weighted by molar-refractivity contribution is 9.11. The molecule has 0 aliphatic carbocycles. The molecule has 1 fully saturated rings. The summed E-state index contributed by atoms with van der Waals surface area (Å²) >= 11 is 3.51. The molecule has 2 nitrogen and oxygen atoms in total. The van der Waals surface area contributed by atoms with Crippen molar-refractivity contribution in [1.82, 2.24) is 10.2 Å². The van der Waals surface area contributed by atoms with Gasteiger partial charge in [0, 0.05) is 36.2 Å². The molecule has 0 radical (unpaired) electrons. The van der Waals surface area contributed by atoms with E-state index in [1.807, 2.05) is 0 Å². The lowest BCUT2D eigenvalue weighted by Crippen LogP contribution is -2.52. The van der Waals surface area contributed by atoms with Crippen molar-refractivity contribution in [1.29, 1.82) is 0 Å². The summed E-state index contributed by atoms with van der Waals surface area (Å²) in [7, 11) is 0. The fourth-order valence-electron chi connectivity index (χ4n) is 2.82. The molecule has 0 amide bonds. The van der Waals surface area contributed by atoms with Crippen molar-refractivity contribution in [3.8, 4) is 0 Å². The van der Waals surface area contributed by atoms with Gasteiger partial charge in [-0.15, -0.1) is 0 Å². The predicted molar refractivity (Wildman–Crippen MR) is 85.5 cm³/mol. The van der Waals surface area contributed by atoms with Crippen LogP contribution in [0.15, 0.2) is 41.4 Å². The van der Waals surface area contributed by atoms with Gasteiger partial charge in [-0.25, -0.2) is 0 Å². The number of nitrogens with one attached hydrogen (secondary N) is 1. The molecule has 1 saturated heterocycles. The highest BCUT2D eigenvalue weighted by atomic mass is 79.9. The monoisotopic (exact) mass is 322 g/mol. The SMILES string of the molecule is C=C(Br)CN1CC(CCC)NCC1c1ccccc1. The van der Waals surface area contributed by atoms with E-state index in [4.69, 9.17) is 0 Å². The predicted octanol–water partition coefficient (Wildman–Crippen LogP) is 3.71. The van der Waals surface area contributed by atoms with Gasteiger partial charge in [0.25, 0.3) is 0 Å². The standard InChI is InChI=1S/C16H23BrN2/c1-3-7-15-12-19(11-13(2)17)16(10-18-15)14-8-5-4-6-9-14/h4-6,8-9,15-16,18H,2-3,7,10-12H2,1H3. The van der Waals surface area contributed by atoms with E-state index in [0.717, 1.165) is 24.1 Å². The average molecular weight is 323 g/mol. The highest BCUT2D eigenvalue weighted by Crippen LogP contribution is 2.26. The number of nitrogens with zero attached hydrogens (tertiary/aromatic N) is 1. The van der Waals surface area contributed by atoms with Gasteiger partial charge in [0.05, 0.1) is 0 Å². The fourth-order valence-corrected chi connectivity index (χ4v) is 3.15. The van der Waals surface area contributed by atoms with Gasteiger partial charge in [0.15, 0.2) is 0 Å². The Labute approximate surface area is 125 Å². The van der Waals surface area contributed by atoms with Crippen LogP contribution >= 0.6 is 15.9 Å². The van der Waals surface area contributed by atoms with Gasteiger partial charge in [-0.1, -0.05) is 66.2 Å². The molecule has 0 aromatic heterocycles. The Bertz CT molecular complexity index is 404. The molecule has 104 valence electrons. The molecular formula is C16H23BrN2. The number of halogens is 1. The van der Waals surface area contributed by atoms with Gasteiger partial charge in [-0.3, -0.25) is 4.90 Å². The lowest BCUT2D eigenvalue weighted by atomic mass is 9.99. The van der Waals surface area contributed by atoms with E-state index >= 15 is 0 Å². The molecule has 0 saturated carbocycles. The van der Waals surface area contributed by atoms with Crippen LogP contribution < -0.4 is 5.32 Å². The summed E-state index contributed by atoms with van der Waals surface area (Å²) in [6, 6.07) is 11.8. The maximum absolute atomic E-state index is 4.00. The molecule has 2 unspecified atom stereocenters. The Morgan fingerprint density at radius 1 is 1.42 bits per heavy atom. The van der Waals surface area contributed by atoms with Crippen LogP contribution in [-0.4, -0.2) is 30.6 Å².